The van der Waals surface area contributed by atoms with Gasteiger partial charge in [-0.1, -0.05) is 0 Å². The minimum atomic E-state index is -0.180. The van der Waals surface area contributed by atoms with E-state index in [1.807, 2.05) is 18.2 Å². The fourth-order valence-corrected chi connectivity index (χ4v) is 2.98. The maximum absolute atomic E-state index is 12.1. The molecule has 1 aliphatic rings. The van der Waals surface area contributed by atoms with Crippen molar-refractivity contribution in [2.75, 3.05) is 26.2 Å². The normalized spacial score (nSPS) is 15.5. The summed E-state index contributed by atoms with van der Waals surface area (Å²) in [5.74, 6) is 1.26. The largest absolute Gasteiger partial charge is 0.484 e. The minimum Gasteiger partial charge on any atom is -0.484 e. The molecule has 0 saturated carbocycles. The summed E-state index contributed by atoms with van der Waals surface area (Å²) in [6.45, 7) is 2.46. The number of hydrogen-bond acceptors (Lipinski definition) is 5. The standard InChI is InChI=1S/C19H21N3O3/c20-12-15-5-7-16(8-6-15)25-14-19(23)21-13-17(18-4-3-11-24-18)22-9-1-2-10-22/h3-8,11,17H,1-2,9-10,13-14H2,(H,21,23)/t17-/m0/s1. The number of likely N-dealkylation sites (tertiary alicyclic amines) is 1. The Bertz CT molecular complexity index is 713. The Kier molecular flexibility index (Phi) is 5.70. The second-order valence-corrected chi connectivity index (χ2v) is 6.00. The predicted molar refractivity (Wildman–Crippen MR) is 91.9 cm³/mol. The highest BCUT2D eigenvalue weighted by Crippen LogP contribution is 2.24. The summed E-state index contributed by atoms with van der Waals surface area (Å²) in [5, 5.41) is 11.7. The fourth-order valence-electron chi connectivity index (χ4n) is 2.98. The summed E-state index contributed by atoms with van der Waals surface area (Å²) in [7, 11) is 0. The number of furan rings is 1. The van der Waals surface area contributed by atoms with E-state index in [9.17, 15) is 4.79 Å². The van der Waals surface area contributed by atoms with Gasteiger partial charge in [0.05, 0.1) is 23.9 Å². The molecule has 6 heteroatoms. The van der Waals surface area contributed by atoms with Crippen LogP contribution < -0.4 is 10.1 Å². The molecule has 0 unspecified atom stereocenters. The van der Waals surface area contributed by atoms with Gasteiger partial charge in [0.25, 0.3) is 5.91 Å². The summed E-state index contributed by atoms with van der Waals surface area (Å²) in [4.78, 5) is 14.4. The van der Waals surface area contributed by atoms with Gasteiger partial charge in [-0.3, -0.25) is 9.69 Å². The molecule has 1 aromatic carbocycles. The Morgan fingerprint density at radius 1 is 1.28 bits per heavy atom. The molecule has 0 spiro atoms. The van der Waals surface area contributed by atoms with Crippen LogP contribution in [0.4, 0.5) is 0 Å². The molecule has 1 aliphatic heterocycles. The van der Waals surface area contributed by atoms with E-state index in [-0.39, 0.29) is 18.6 Å². The molecule has 1 N–H and O–H groups in total. The van der Waals surface area contributed by atoms with Gasteiger partial charge in [-0.2, -0.15) is 5.26 Å². The SMILES string of the molecule is N#Cc1ccc(OCC(=O)NC[C@@H](c2ccco2)N2CCCC2)cc1. The Labute approximate surface area is 147 Å². The Morgan fingerprint density at radius 2 is 2.04 bits per heavy atom. The number of benzene rings is 1. The topological polar surface area (TPSA) is 78.5 Å². The van der Waals surface area contributed by atoms with Crippen molar-refractivity contribution in [2.24, 2.45) is 0 Å². The molecule has 1 atom stereocenters. The molecule has 25 heavy (non-hydrogen) atoms. The molecule has 1 fully saturated rings. The van der Waals surface area contributed by atoms with Gasteiger partial charge in [-0.05, 0) is 62.3 Å². The van der Waals surface area contributed by atoms with Crippen molar-refractivity contribution >= 4 is 5.91 Å². The van der Waals surface area contributed by atoms with Crippen LogP contribution in [0.15, 0.2) is 47.1 Å². The van der Waals surface area contributed by atoms with Crippen molar-refractivity contribution in [1.82, 2.24) is 10.2 Å². The number of carbonyl (C=O) groups excluding carboxylic acids is 1. The predicted octanol–water partition coefficient (Wildman–Crippen LogP) is 2.48. The average Bonchev–Trinajstić information content (AvgIpc) is 3.35. The third kappa shape index (κ3) is 4.61. The maximum Gasteiger partial charge on any atom is 0.258 e. The van der Waals surface area contributed by atoms with E-state index in [4.69, 9.17) is 14.4 Å². The molecular formula is C19H21N3O3. The monoisotopic (exact) mass is 339 g/mol. The lowest BCUT2D eigenvalue weighted by molar-refractivity contribution is -0.123. The third-order valence-electron chi connectivity index (χ3n) is 4.30. The molecule has 0 bridgehead atoms. The molecule has 3 rings (SSSR count). The van der Waals surface area contributed by atoms with Gasteiger partial charge in [-0.25, -0.2) is 0 Å². The number of nitrogens with zero attached hydrogens (tertiary/aromatic N) is 2. The number of nitrogens with one attached hydrogen (secondary N) is 1. The van der Waals surface area contributed by atoms with Crippen molar-refractivity contribution in [2.45, 2.75) is 18.9 Å². The maximum atomic E-state index is 12.1. The fraction of sp³-hybridized carbons (Fsp3) is 0.368. The highest BCUT2D eigenvalue weighted by atomic mass is 16.5. The average molecular weight is 339 g/mol. The van der Waals surface area contributed by atoms with Crippen LogP contribution in [-0.4, -0.2) is 37.0 Å². The molecule has 1 aromatic heterocycles. The zero-order chi connectivity index (χ0) is 17.5. The highest BCUT2D eigenvalue weighted by molar-refractivity contribution is 5.77. The summed E-state index contributed by atoms with van der Waals surface area (Å²) < 4.78 is 11.0. The summed E-state index contributed by atoms with van der Waals surface area (Å²) in [6.07, 6.45) is 4.01. The van der Waals surface area contributed by atoms with Crippen LogP contribution in [0.3, 0.4) is 0 Å². The third-order valence-corrected chi connectivity index (χ3v) is 4.30. The van der Waals surface area contributed by atoms with E-state index in [1.165, 1.54) is 12.8 Å². The van der Waals surface area contributed by atoms with Gasteiger partial charge in [0.1, 0.15) is 11.5 Å². The van der Waals surface area contributed by atoms with Crippen LogP contribution in [0.25, 0.3) is 0 Å². The first kappa shape index (κ1) is 17.1. The molecule has 1 amide bonds. The van der Waals surface area contributed by atoms with Crippen LogP contribution in [0.1, 0.15) is 30.2 Å². The summed E-state index contributed by atoms with van der Waals surface area (Å²) >= 11 is 0. The smallest absolute Gasteiger partial charge is 0.258 e. The number of hydrogen-bond donors (Lipinski definition) is 1. The molecule has 2 aromatic rings. The summed E-state index contributed by atoms with van der Waals surface area (Å²) in [6, 6.07) is 12.6. The zero-order valence-corrected chi connectivity index (χ0v) is 14.0. The van der Waals surface area contributed by atoms with E-state index in [2.05, 4.69) is 10.2 Å². The van der Waals surface area contributed by atoms with Crippen molar-refractivity contribution in [3.05, 3.63) is 54.0 Å². The first-order valence-electron chi connectivity index (χ1n) is 8.43. The van der Waals surface area contributed by atoms with Crippen LogP contribution in [0, 0.1) is 11.3 Å². The molecule has 0 radical (unpaired) electrons. The molecule has 2 heterocycles. The lowest BCUT2D eigenvalue weighted by Gasteiger charge is -2.26. The van der Waals surface area contributed by atoms with Crippen molar-refractivity contribution in [1.29, 1.82) is 5.26 Å². The number of amides is 1. The van der Waals surface area contributed by atoms with Gasteiger partial charge in [0, 0.05) is 6.54 Å². The highest BCUT2D eigenvalue weighted by Gasteiger charge is 2.25. The van der Waals surface area contributed by atoms with Crippen LogP contribution in [0.2, 0.25) is 0 Å². The molecular weight excluding hydrogens is 318 g/mol. The minimum absolute atomic E-state index is 0.0522. The number of carbonyl (C=O) groups is 1. The molecule has 130 valence electrons. The van der Waals surface area contributed by atoms with Gasteiger partial charge in [0.15, 0.2) is 6.61 Å². The lowest BCUT2D eigenvalue weighted by atomic mass is 10.2. The van der Waals surface area contributed by atoms with Crippen LogP contribution >= 0.6 is 0 Å². The molecule has 1 saturated heterocycles. The first-order chi connectivity index (χ1) is 12.3. The number of nitriles is 1. The zero-order valence-electron chi connectivity index (χ0n) is 14.0. The second-order valence-electron chi connectivity index (χ2n) is 6.00. The van der Waals surface area contributed by atoms with Crippen molar-refractivity contribution < 1.29 is 13.9 Å². The van der Waals surface area contributed by atoms with Gasteiger partial charge >= 0.3 is 0 Å². The van der Waals surface area contributed by atoms with Crippen molar-refractivity contribution in [3.63, 3.8) is 0 Å². The van der Waals surface area contributed by atoms with E-state index < -0.39 is 0 Å². The van der Waals surface area contributed by atoms with E-state index in [1.54, 1.807) is 30.5 Å². The number of ether oxygens (including phenoxy) is 1. The first-order valence-corrected chi connectivity index (χ1v) is 8.43. The number of rotatable bonds is 7. The second kappa shape index (κ2) is 8.36. The van der Waals surface area contributed by atoms with Gasteiger partial charge in [0.2, 0.25) is 0 Å². The summed E-state index contributed by atoms with van der Waals surface area (Å²) in [5.41, 5.74) is 0.559. The Hall–Kier alpha value is -2.78. The van der Waals surface area contributed by atoms with Gasteiger partial charge in [-0.15, -0.1) is 0 Å². The Balaban J connectivity index is 1.50. The van der Waals surface area contributed by atoms with E-state index in [0.29, 0.717) is 17.9 Å². The van der Waals surface area contributed by atoms with E-state index in [0.717, 1.165) is 18.8 Å². The molecule has 6 nitrogen and oxygen atoms in total. The van der Waals surface area contributed by atoms with Crippen LogP contribution in [0.5, 0.6) is 5.75 Å². The van der Waals surface area contributed by atoms with Gasteiger partial charge < -0.3 is 14.5 Å². The quantitative estimate of drug-likeness (QED) is 0.838. The van der Waals surface area contributed by atoms with Crippen molar-refractivity contribution in [3.8, 4) is 11.8 Å². The molecule has 0 aliphatic carbocycles. The van der Waals surface area contributed by atoms with Crippen LogP contribution in [-0.2, 0) is 4.79 Å². The van der Waals surface area contributed by atoms with E-state index >= 15 is 0 Å². The Morgan fingerprint density at radius 3 is 2.68 bits per heavy atom. The lowest BCUT2D eigenvalue weighted by Crippen LogP contribution is -2.38.